The summed E-state index contributed by atoms with van der Waals surface area (Å²) >= 11 is 0. The van der Waals surface area contributed by atoms with Crippen LogP contribution in [0, 0.1) is 5.41 Å². The highest BCUT2D eigenvalue weighted by Gasteiger charge is 2.26. The van der Waals surface area contributed by atoms with Gasteiger partial charge in [-0.1, -0.05) is 60.9 Å². The van der Waals surface area contributed by atoms with Crippen molar-refractivity contribution in [1.29, 1.82) is 0 Å². The van der Waals surface area contributed by atoms with Gasteiger partial charge >= 0.3 is 5.97 Å². The van der Waals surface area contributed by atoms with Crippen LogP contribution in [0.5, 0.6) is 17.2 Å². The molecule has 0 aromatic heterocycles. The van der Waals surface area contributed by atoms with E-state index in [1.54, 1.807) is 6.08 Å². The molecule has 1 aromatic carbocycles. The minimum atomic E-state index is -0.709. The number of carbonyl (C=O) groups is 1. The number of esters is 1. The van der Waals surface area contributed by atoms with E-state index in [1.807, 2.05) is 25.2 Å². The predicted molar refractivity (Wildman–Crippen MR) is 128 cm³/mol. The molecule has 0 atom stereocenters. The lowest BCUT2D eigenvalue weighted by Crippen LogP contribution is -2.19. The van der Waals surface area contributed by atoms with Crippen molar-refractivity contribution in [2.75, 3.05) is 6.61 Å². The van der Waals surface area contributed by atoms with E-state index in [9.17, 15) is 20.1 Å². The molecule has 32 heavy (non-hydrogen) atoms. The van der Waals surface area contributed by atoms with Crippen LogP contribution in [0.15, 0.2) is 70.9 Å². The van der Waals surface area contributed by atoms with Crippen LogP contribution < -0.4 is 0 Å². The Labute approximate surface area is 190 Å². The minimum Gasteiger partial charge on any atom is -0.504 e. The summed E-state index contributed by atoms with van der Waals surface area (Å²) in [6.07, 6.45) is 15.7. The summed E-state index contributed by atoms with van der Waals surface area (Å²) in [7, 11) is 0. The van der Waals surface area contributed by atoms with Gasteiger partial charge < -0.3 is 20.1 Å². The molecule has 3 N–H and O–H groups in total. The van der Waals surface area contributed by atoms with Crippen LogP contribution in [-0.4, -0.2) is 27.9 Å². The number of hydrogen-bond acceptors (Lipinski definition) is 5. The van der Waals surface area contributed by atoms with Gasteiger partial charge in [-0.25, -0.2) is 4.79 Å². The number of carbonyl (C=O) groups excluding carboxylic acids is 1. The summed E-state index contributed by atoms with van der Waals surface area (Å²) in [5.74, 6) is -2.54. The zero-order valence-corrected chi connectivity index (χ0v) is 19.6. The number of benzene rings is 1. The third kappa shape index (κ3) is 6.91. The van der Waals surface area contributed by atoms with Crippen molar-refractivity contribution in [1.82, 2.24) is 0 Å². The summed E-state index contributed by atoms with van der Waals surface area (Å²) in [4.78, 5) is 12.0. The average Bonchev–Trinajstić information content (AvgIpc) is 2.70. The number of ether oxygens (including phenoxy) is 1. The minimum absolute atomic E-state index is 0.0442. The largest absolute Gasteiger partial charge is 0.504 e. The fraction of sp³-hybridized carbons (Fsp3) is 0.370. The molecule has 0 aliphatic heterocycles. The number of aromatic hydroxyl groups is 3. The number of phenolic OH excluding ortho intramolecular Hbond substituents is 3. The molecule has 1 aliphatic rings. The number of hydrogen-bond donors (Lipinski definition) is 3. The molecule has 1 aliphatic carbocycles. The van der Waals surface area contributed by atoms with Crippen LogP contribution in [0.1, 0.15) is 64.2 Å². The standard InChI is InChI=1S/C27H34O5/c1-18(11-12-22-20(3)10-7-14-27(22,4)5)8-6-9-19(2)13-15-32-26(31)21-16-23(28)25(30)24(29)17-21/h6,8-9,11-13,16-17,28-30H,7,10,14-15H2,1-5H3/b9-6+,12-11+,18-8+,19-13+. The maximum absolute atomic E-state index is 12.0. The zero-order chi connectivity index (χ0) is 23.9. The van der Waals surface area contributed by atoms with Crippen molar-refractivity contribution in [3.05, 3.63) is 76.4 Å². The lowest BCUT2D eigenvalue weighted by Gasteiger charge is -2.32. The molecule has 0 spiro atoms. The van der Waals surface area contributed by atoms with Crippen LogP contribution >= 0.6 is 0 Å². The Kier molecular flexibility index (Phi) is 8.53. The second kappa shape index (κ2) is 10.9. The summed E-state index contributed by atoms with van der Waals surface area (Å²) in [6, 6.07) is 2.09. The van der Waals surface area contributed by atoms with Crippen molar-refractivity contribution in [3.63, 3.8) is 0 Å². The first-order valence-corrected chi connectivity index (χ1v) is 10.8. The Morgan fingerprint density at radius 3 is 2.38 bits per heavy atom. The smallest absolute Gasteiger partial charge is 0.338 e. The van der Waals surface area contributed by atoms with Gasteiger partial charge in [0.15, 0.2) is 17.2 Å². The van der Waals surface area contributed by atoms with Gasteiger partial charge in [-0.3, -0.25) is 0 Å². The van der Waals surface area contributed by atoms with E-state index in [4.69, 9.17) is 4.74 Å². The molecule has 0 saturated carbocycles. The fourth-order valence-electron chi connectivity index (χ4n) is 3.75. The van der Waals surface area contributed by atoms with Gasteiger partial charge in [-0.15, -0.1) is 0 Å². The summed E-state index contributed by atoms with van der Waals surface area (Å²) in [5.41, 5.74) is 5.17. The third-order valence-corrected chi connectivity index (χ3v) is 5.70. The van der Waals surface area contributed by atoms with Crippen LogP contribution in [-0.2, 0) is 4.74 Å². The van der Waals surface area contributed by atoms with Gasteiger partial charge in [0.25, 0.3) is 0 Å². The molecule has 0 unspecified atom stereocenters. The van der Waals surface area contributed by atoms with Crippen molar-refractivity contribution in [2.45, 2.75) is 53.9 Å². The molecule has 2 rings (SSSR count). The first kappa shape index (κ1) is 25.1. The van der Waals surface area contributed by atoms with E-state index in [-0.39, 0.29) is 17.6 Å². The molecule has 0 radical (unpaired) electrons. The predicted octanol–water partition coefficient (Wildman–Crippen LogP) is 6.49. The van der Waals surface area contributed by atoms with E-state index in [0.717, 1.165) is 23.3 Å². The fourth-order valence-corrected chi connectivity index (χ4v) is 3.75. The number of rotatable bonds is 7. The summed E-state index contributed by atoms with van der Waals surface area (Å²) in [6.45, 7) is 10.9. The Morgan fingerprint density at radius 1 is 1.09 bits per heavy atom. The van der Waals surface area contributed by atoms with E-state index in [2.05, 4.69) is 39.8 Å². The Bertz CT molecular complexity index is 980. The van der Waals surface area contributed by atoms with E-state index >= 15 is 0 Å². The quantitative estimate of drug-likeness (QED) is 0.257. The first-order valence-electron chi connectivity index (χ1n) is 10.8. The molecule has 172 valence electrons. The second-order valence-corrected chi connectivity index (χ2v) is 8.94. The Morgan fingerprint density at radius 2 is 1.75 bits per heavy atom. The van der Waals surface area contributed by atoms with Crippen LogP contribution in [0.2, 0.25) is 0 Å². The average molecular weight is 439 g/mol. The van der Waals surface area contributed by atoms with Gasteiger partial charge in [-0.2, -0.15) is 0 Å². The van der Waals surface area contributed by atoms with Gasteiger partial charge in [0, 0.05) is 0 Å². The highest BCUT2D eigenvalue weighted by atomic mass is 16.5. The number of allylic oxidation sites excluding steroid dienone is 9. The first-order chi connectivity index (χ1) is 15.0. The zero-order valence-electron chi connectivity index (χ0n) is 19.6. The molecule has 0 heterocycles. The van der Waals surface area contributed by atoms with Crippen LogP contribution in [0.25, 0.3) is 0 Å². The van der Waals surface area contributed by atoms with Gasteiger partial charge in [0.2, 0.25) is 0 Å². The SMILES string of the molecule is CC1=C(/C=C/C(C)=C/C=C/C(C)=C/COC(=O)c2cc(O)c(O)c(O)c2)C(C)(C)CCC1. The van der Waals surface area contributed by atoms with Crippen molar-refractivity contribution in [3.8, 4) is 17.2 Å². The summed E-state index contributed by atoms with van der Waals surface area (Å²) < 4.78 is 5.13. The molecular weight excluding hydrogens is 404 g/mol. The van der Waals surface area contributed by atoms with Crippen LogP contribution in [0.3, 0.4) is 0 Å². The Balaban J connectivity index is 1.91. The topological polar surface area (TPSA) is 87.0 Å². The lowest BCUT2D eigenvalue weighted by atomic mass is 9.72. The van der Waals surface area contributed by atoms with Gasteiger partial charge in [0.1, 0.15) is 6.61 Å². The molecule has 5 nitrogen and oxygen atoms in total. The highest BCUT2D eigenvalue weighted by molar-refractivity contribution is 5.91. The molecule has 0 amide bonds. The molecule has 0 fully saturated rings. The summed E-state index contributed by atoms with van der Waals surface area (Å²) in [5, 5.41) is 28.3. The van der Waals surface area contributed by atoms with Crippen molar-refractivity contribution >= 4 is 5.97 Å². The molecule has 1 aromatic rings. The number of phenols is 3. The molecule has 5 heteroatoms. The lowest BCUT2D eigenvalue weighted by molar-refractivity contribution is 0.0548. The van der Waals surface area contributed by atoms with Crippen molar-refractivity contribution < 1.29 is 24.9 Å². The Hall–Kier alpha value is -3.21. The van der Waals surface area contributed by atoms with E-state index in [1.165, 1.54) is 30.4 Å². The molecule has 0 bridgehead atoms. The van der Waals surface area contributed by atoms with Gasteiger partial charge in [0.05, 0.1) is 5.56 Å². The maximum atomic E-state index is 12.0. The maximum Gasteiger partial charge on any atom is 0.338 e. The van der Waals surface area contributed by atoms with E-state index in [0.29, 0.717) is 0 Å². The van der Waals surface area contributed by atoms with Gasteiger partial charge in [-0.05, 0) is 69.2 Å². The second-order valence-electron chi connectivity index (χ2n) is 8.94. The highest BCUT2D eigenvalue weighted by Crippen LogP contribution is 2.40. The monoisotopic (exact) mass is 438 g/mol. The van der Waals surface area contributed by atoms with Crippen molar-refractivity contribution in [2.24, 2.45) is 5.41 Å². The molecule has 0 saturated heterocycles. The normalized spacial score (nSPS) is 17.4. The third-order valence-electron chi connectivity index (χ3n) is 5.70. The molecular formula is C27H34O5. The van der Waals surface area contributed by atoms with Crippen LogP contribution in [0.4, 0.5) is 0 Å². The van der Waals surface area contributed by atoms with E-state index < -0.39 is 23.2 Å².